The normalized spacial score (nSPS) is 12.0. The highest BCUT2D eigenvalue weighted by molar-refractivity contribution is 5.83. The van der Waals surface area contributed by atoms with Crippen molar-refractivity contribution in [3.8, 4) is 0 Å². The van der Waals surface area contributed by atoms with Crippen LogP contribution in [0.2, 0.25) is 0 Å². The number of nitrogens with one attached hydrogen (secondary N) is 1. The smallest absolute Gasteiger partial charge is 0.326 e. The average Bonchev–Trinajstić information content (AvgIpc) is 2.75. The van der Waals surface area contributed by atoms with Gasteiger partial charge in [0.05, 0.1) is 11.5 Å². The Morgan fingerprint density at radius 3 is 2.57 bits per heavy atom. The third-order valence-corrected chi connectivity index (χ3v) is 3.56. The minimum atomic E-state index is -1.06. The monoisotopic (exact) mass is 326 g/mol. The number of nitro groups is 1. The number of hydrogen-bond donors (Lipinski definition) is 2. The van der Waals surface area contributed by atoms with E-state index in [1.165, 1.54) is 11.6 Å². The van der Waals surface area contributed by atoms with E-state index in [2.05, 4.69) is 10.4 Å². The van der Waals surface area contributed by atoms with Gasteiger partial charge in [0.25, 0.3) is 0 Å². The molecule has 0 aliphatic heterocycles. The van der Waals surface area contributed by atoms with Crippen molar-refractivity contribution in [1.82, 2.24) is 15.1 Å². The second-order valence-electron chi connectivity index (χ2n) is 5.35. The summed E-state index contributed by atoms with van der Waals surface area (Å²) >= 11 is 0. The van der Waals surface area contributed by atoms with Crippen molar-refractivity contribution < 1.29 is 19.6 Å². The van der Waals surface area contributed by atoms with E-state index in [9.17, 15) is 19.7 Å². The van der Waals surface area contributed by atoms with Crippen LogP contribution in [0.3, 0.4) is 0 Å². The van der Waals surface area contributed by atoms with E-state index in [4.69, 9.17) is 5.11 Å². The quantitative estimate of drug-likeness (QED) is 0.523. The molecule has 0 aliphatic rings. The number of carbonyl (C=O) groups is 2. The molecule has 9 nitrogen and oxygen atoms in total. The summed E-state index contributed by atoms with van der Waals surface area (Å²) in [6.45, 7) is 5.20. The van der Waals surface area contributed by atoms with Crippen LogP contribution in [0, 0.1) is 24.0 Å². The summed E-state index contributed by atoms with van der Waals surface area (Å²) in [7, 11) is 0. The van der Waals surface area contributed by atoms with E-state index in [0.29, 0.717) is 24.2 Å². The molecule has 1 aromatic heterocycles. The summed E-state index contributed by atoms with van der Waals surface area (Å²) in [5, 5.41) is 26.5. The van der Waals surface area contributed by atoms with Crippen LogP contribution in [-0.2, 0) is 16.1 Å². The van der Waals surface area contributed by atoms with Crippen LogP contribution < -0.4 is 5.32 Å². The highest BCUT2D eigenvalue weighted by Crippen LogP contribution is 2.21. The maximum atomic E-state index is 11.9. The molecule has 1 amide bonds. The number of unbranched alkanes of at least 4 members (excludes halogenated alkanes) is 1. The van der Waals surface area contributed by atoms with Crippen LogP contribution >= 0.6 is 0 Å². The van der Waals surface area contributed by atoms with Crippen molar-refractivity contribution in [2.45, 2.75) is 59.0 Å². The molecule has 1 rings (SSSR count). The van der Waals surface area contributed by atoms with E-state index in [0.717, 1.165) is 6.42 Å². The Morgan fingerprint density at radius 1 is 1.43 bits per heavy atom. The molecule has 2 N–H and O–H groups in total. The lowest BCUT2D eigenvalue weighted by molar-refractivity contribution is -0.386. The first-order valence-corrected chi connectivity index (χ1v) is 7.48. The van der Waals surface area contributed by atoms with Gasteiger partial charge in [0.2, 0.25) is 5.91 Å². The molecule has 0 radical (unpaired) electrons. The van der Waals surface area contributed by atoms with Gasteiger partial charge in [-0.3, -0.25) is 19.6 Å². The van der Waals surface area contributed by atoms with Crippen LogP contribution in [0.1, 0.15) is 44.0 Å². The lowest BCUT2D eigenvalue weighted by atomic mass is 10.1. The van der Waals surface area contributed by atoms with E-state index < -0.39 is 22.8 Å². The number of aliphatic carboxylic acids is 1. The van der Waals surface area contributed by atoms with Crippen molar-refractivity contribution in [3.05, 3.63) is 21.5 Å². The largest absolute Gasteiger partial charge is 0.480 e. The molecule has 1 aromatic rings. The molecule has 0 fully saturated rings. The maximum Gasteiger partial charge on any atom is 0.326 e. The molecule has 23 heavy (non-hydrogen) atoms. The van der Waals surface area contributed by atoms with Crippen molar-refractivity contribution in [2.24, 2.45) is 0 Å². The number of aryl methyl sites for hydroxylation is 2. The number of nitrogens with zero attached hydrogens (tertiary/aromatic N) is 3. The Hall–Kier alpha value is -2.45. The minimum absolute atomic E-state index is 0.00895. The minimum Gasteiger partial charge on any atom is -0.480 e. The summed E-state index contributed by atoms with van der Waals surface area (Å²) in [5.41, 5.74) is 0.608. The third-order valence-electron chi connectivity index (χ3n) is 3.56. The zero-order valence-electron chi connectivity index (χ0n) is 13.5. The Kier molecular flexibility index (Phi) is 6.67. The highest BCUT2D eigenvalue weighted by atomic mass is 16.6. The standard InChI is InChI=1S/C14H22N4O5/c1-4-5-6-11(14(20)21)15-12(19)7-8-17-10(3)13(18(22)23)9(2)16-17/h11H,4-8H2,1-3H3,(H,15,19)(H,20,21). The number of aromatic nitrogens is 2. The van der Waals surface area contributed by atoms with Crippen molar-refractivity contribution in [1.29, 1.82) is 0 Å². The van der Waals surface area contributed by atoms with Gasteiger partial charge in [0.1, 0.15) is 17.4 Å². The van der Waals surface area contributed by atoms with Gasteiger partial charge in [-0.05, 0) is 20.3 Å². The molecule has 1 unspecified atom stereocenters. The predicted octanol–water partition coefficient (Wildman–Crippen LogP) is 1.56. The first kappa shape index (κ1) is 18.6. The Balaban J connectivity index is 2.64. The zero-order chi connectivity index (χ0) is 17.6. The number of carboxylic acids is 1. The lowest BCUT2D eigenvalue weighted by Gasteiger charge is -2.14. The SMILES string of the molecule is CCCCC(NC(=O)CCn1nc(C)c([N+](=O)[O-])c1C)C(=O)O. The summed E-state index contributed by atoms with van der Waals surface area (Å²) in [5.74, 6) is -1.47. The second-order valence-corrected chi connectivity index (χ2v) is 5.35. The van der Waals surface area contributed by atoms with E-state index in [1.807, 2.05) is 6.92 Å². The van der Waals surface area contributed by atoms with Gasteiger partial charge in [-0.2, -0.15) is 5.10 Å². The number of rotatable bonds is 9. The Labute approximate surface area is 133 Å². The van der Waals surface area contributed by atoms with Gasteiger partial charge in [-0.15, -0.1) is 0 Å². The van der Waals surface area contributed by atoms with Gasteiger partial charge in [0.15, 0.2) is 0 Å². The van der Waals surface area contributed by atoms with Crippen LogP contribution in [0.4, 0.5) is 5.69 Å². The average molecular weight is 326 g/mol. The number of amides is 1. The third kappa shape index (κ3) is 5.04. The fourth-order valence-electron chi connectivity index (χ4n) is 2.31. The lowest BCUT2D eigenvalue weighted by Crippen LogP contribution is -2.41. The Morgan fingerprint density at radius 2 is 2.09 bits per heavy atom. The first-order chi connectivity index (χ1) is 10.8. The molecule has 0 aromatic carbocycles. The van der Waals surface area contributed by atoms with Gasteiger partial charge >= 0.3 is 11.7 Å². The zero-order valence-corrected chi connectivity index (χ0v) is 13.5. The molecule has 0 spiro atoms. The molecule has 0 aliphatic carbocycles. The van der Waals surface area contributed by atoms with E-state index in [1.54, 1.807) is 6.92 Å². The van der Waals surface area contributed by atoms with Crippen LogP contribution in [0.5, 0.6) is 0 Å². The molecule has 0 saturated heterocycles. The molecular weight excluding hydrogens is 304 g/mol. The first-order valence-electron chi connectivity index (χ1n) is 7.48. The summed E-state index contributed by atoms with van der Waals surface area (Å²) in [4.78, 5) is 33.4. The van der Waals surface area contributed by atoms with Crippen LogP contribution in [-0.4, -0.2) is 37.7 Å². The molecule has 1 atom stereocenters. The van der Waals surface area contributed by atoms with Gasteiger partial charge in [-0.25, -0.2) is 4.79 Å². The summed E-state index contributed by atoms with van der Waals surface area (Å²) in [6.07, 6.45) is 1.94. The second kappa shape index (κ2) is 8.25. The van der Waals surface area contributed by atoms with Crippen molar-refractivity contribution >= 4 is 17.6 Å². The topological polar surface area (TPSA) is 127 Å². The molecular formula is C14H22N4O5. The summed E-state index contributed by atoms with van der Waals surface area (Å²) < 4.78 is 1.40. The predicted molar refractivity (Wildman–Crippen MR) is 82.1 cm³/mol. The van der Waals surface area contributed by atoms with Gasteiger partial charge in [0, 0.05) is 6.42 Å². The molecule has 9 heteroatoms. The van der Waals surface area contributed by atoms with Crippen LogP contribution in [0.25, 0.3) is 0 Å². The van der Waals surface area contributed by atoms with E-state index >= 15 is 0 Å². The fourth-order valence-corrected chi connectivity index (χ4v) is 2.31. The van der Waals surface area contributed by atoms with Gasteiger partial charge in [-0.1, -0.05) is 19.8 Å². The summed E-state index contributed by atoms with van der Waals surface area (Å²) in [6, 6.07) is -0.905. The van der Waals surface area contributed by atoms with Crippen molar-refractivity contribution in [2.75, 3.05) is 0 Å². The molecule has 1 heterocycles. The number of carbonyl (C=O) groups excluding carboxylic acids is 1. The Bertz CT molecular complexity index is 596. The number of hydrogen-bond acceptors (Lipinski definition) is 5. The molecule has 0 bridgehead atoms. The fraction of sp³-hybridized carbons (Fsp3) is 0.643. The van der Waals surface area contributed by atoms with Crippen molar-refractivity contribution in [3.63, 3.8) is 0 Å². The van der Waals surface area contributed by atoms with E-state index in [-0.39, 0.29) is 18.7 Å². The number of carboxylic acid groups (broad SMARTS) is 1. The highest BCUT2D eigenvalue weighted by Gasteiger charge is 2.23. The maximum absolute atomic E-state index is 11.9. The molecule has 128 valence electrons. The van der Waals surface area contributed by atoms with Gasteiger partial charge < -0.3 is 10.4 Å². The van der Waals surface area contributed by atoms with Crippen LogP contribution in [0.15, 0.2) is 0 Å². The molecule has 0 saturated carbocycles.